The Bertz CT molecular complexity index is 591. The maximum absolute atomic E-state index is 13.1. The topological polar surface area (TPSA) is 87.6 Å². The Morgan fingerprint density at radius 1 is 1.41 bits per heavy atom. The summed E-state index contributed by atoms with van der Waals surface area (Å²) in [6.07, 6.45) is 2.79. The van der Waals surface area contributed by atoms with Crippen molar-refractivity contribution in [1.82, 2.24) is 9.97 Å². The number of rotatable bonds is 2. The third kappa shape index (κ3) is 2.29. The molecule has 0 atom stereocenters. The van der Waals surface area contributed by atoms with Crippen LogP contribution >= 0.6 is 0 Å². The van der Waals surface area contributed by atoms with Crippen molar-refractivity contribution in [2.24, 2.45) is 0 Å². The van der Waals surface area contributed by atoms with Crippen molar-refractivity contribution in [2.75, 3.05) is 11.1 Å². The van der Waals surface area contributed by atoms with Crippen LogP contribution in [0.15, 0.2) is 30.7 Å². The van der Waals surface area contributed by atoms with Gasteiger partial charge in [0.25, 0.3) is 0 Å². The Morgan fingerprint density at radius 3 is 2.94 bits per heavy atom. The van der Waals surface area contributed by atoms with Gasteiger partial charge in [-0.05, 0) is 18.2 Å². The van der Waals surface area contributed by atoms with Gasteiger partial charge < -0.3 is 11.1 Å². The highest BCUT2D eigenvalue weighted by atomic mass is 19.1. The van der Waals surface area contributed by atoms with E-state index < -0.39 is 5.82 Å². The van der Waals surface area contributed by atoms with E-state index in [9.17, 15) is 4.39 Å². The van der Waals surface area contributed by atoms with Crippen LogP contribution in [0.3, 0.4) is 0 Å². The first-order chi connectivity index (χ1) is 8.20. The van der Waals surface area contributed by atoms with Crippen LogP contribution in [-0.2, 0) is 0 Å². The lowest BCUT2D eigenvalue weighted by atomic mass is 10.2. The summed E-state index contributed by atoms with van der Waals surface area (Å²) in [5.74, 6) is -0.149. The number of nitrogens with two attached hydrogens (primary N) is 1. The van der Waals surface area contributed by atoms with E-state index in [-0.39, 0.29) is 5.56 Å². The summed E-state index contributed by atoms with van der Waals surface area (Å²) in [6.45, 7) is 0. The minimum Gasteiger partial charge on any atom is -0.394 e. The average Bonchev–Trinajstić information content (AvgIpc) is 2.34. The highest BCUT2D eigenvalue weighted by Crippen LogP contribution is 2.20. The summed E-state index contributed by atoms with van der Waals surface area (Å²) in [7, 11) is 0. The van der Waals surface area contributed by atoms with Gasteiger partial charge in [-0.2, -0.15) is 5.26 Å². The van der Waals surface area contributed by atoms with Crippen LogP contribution in [0, 0.1) is 17.1 Å². The van der Waals surface area contributed by atoms with Crippen molar-refractivity contribution < 1.29 is 4.39 Å². The molecule has 0 unspecified atom stereocenters. The van der Waals surface area contributed by atoms with Crippen molar-refractivity contribution in [3.05, 3.63) is 42.1 Å². The van der Waals surface area contributed by atoms with Gasteiger partial charge in [0.1, 0.15) is 18.2 Å². The summed E-state index contributed by atoms with van der Waals surface area (Å²) >= 11 is 0. The molecule has 0 saturated heterocycles. The molecule has 0 amide bonds. The fraction of sp³-hybridized carbons (Fsp3) is 0. The molecule has 0 saturated carbocycles. The average molecular weight is 229 g/mol. The van der Waals surface area contributed by atoms with Gasteiger partial charge in [0.15, 0.2) is 5.82 Å². The standard InChI is InChI=1S/C11H8FN5/c12-9-2-1-8(3-7(9)4-13)17-11-10(14)5-15-6-16-11/h1-3,5-6H,14H2,(H,15,16,17). The van der Waals surface area contributed by atoms with Crippen molar-refractivity contribution >= 4 is 17.2 Å². The third-order valence-electron chi connectivity index (χ3n) is 2.09. The van der Waals surface area contributed by atoms with Gasteiger partial charge in [-0.25, -0.2) is 14.4 Å². The first kappa shape index (κ1) is 10.8. The van der Waals surface area contributed by atoms with Crippen molar-refractivity contribution in [1.29, 1.82) is 5.26 Å². The van der Waals surface area contributed by atoms with E-state index in [1.54, 1.807) is 6.07 Å². The molecule has 0 bridgehead atoms. The highest BCUT2D eigenvalue weighted by molar-refractivity contribution is 5.68. The molecule has 0 radical (unpaired) electrons. The van der Waals surface area contributed by atoms with Gasteiger partial charge in [-0.1, -0.05) is 0 Å². The number of halogens is 1. The van der Waals surface area contributed by atoms with Crippen LogP contribution in [-0.4, -0.2) is 9.97 Å². The SMILES string of the molecule is N#Cc1cc(Nc2ncncc2N)ccc1F. The van der Waals surface area contributed by atoms with Crippen molar-refractivity contribution in [3.63, 3.8) is 0 Å². The summed E-state index contributed by atoms with van der Waals surface area (Å²) in [5.41, 5.74) is 6.51. The first-order valence-corrected chi connectivity index (χ1v) is 4.73. The zero-order valence-electron chi connectivity index (χ0n) is 8.68. The lowest BCUT2D eigenvalue weighted by Gasteiger charge is -2.07. The van der Waals surface area contributed by atoms with Gasteiger partial charge in [0.2, 0.25) is 0 Å². The van der Waals surface area contributed by atoms with Crippen molar-refractivity contribution in [2.45, 2.75) is 0 Å². The first-order valence-electron chi connectivity index (χ1n) is 4.73. The quantitative estimate of drug-likeness (QED) is 0.819. The monoisotopic (exact) mass is 229 g/mol. The minimum atomic E-state index is -0.561. The lowest BCUT2D eigenvalue weighted by Crippen LogP contribution is -2.00. The van der Waals surface area contributed by atoms with Gasteiger partial charge >= 0.3 is 0 Å². The van der Waals surface area contributed by atoms with E-state index in [2.05, 4.69) is 15.3 Å². The van der Waals surface area contributed by atoms with Crippen LogP contribution < -0.4 is 11.1 Å². The molecule has 0 aliphatic rings. The molecule has 0 aliphatic heterocycles. The predicted octanol–water partition coefficient (Wildman–Crippen LogP) is 1.81. The molecule has 17 heavy (non-hydrogen) atoms. The maximum atomic E-state index is 13.1. The molecule has 6 heteroatoms. The van der Waals surface area contributed by atoms with Crippen LogP contribution in [0.5, 0.6) is 0 Å². The summed E-state index contributed by atoms with van der Waals surface area (Å²) in [6, 6.07) is 5.85. The molecule has 1 heterocycles. The molecular weight excluding hydrogens is 221 g/mol. The Kier molecular flexibility index (Phi) is 2.83. The number of nitriles is 1. The molecule has 0 aliphatic carbocycles. The largest absolute Gasteiger partial charge is 0.394 e. The van der Waals surface area contributed by atoms with Crippen LogP contribution in [0.2, 0.25) is 0 Å². The van der Waals surface area contributed by atoms with E-state index in [4.69, 9.17) is 11.0 Å². The number of hydrogen-bond acceptors (Lipinski definition) is 5. The number of benzene rings is 1. The number of hydrogen-bond donors (Lipinski definition) is 2. The molecule has 0 spiro atoms. The van der Waals surface area contributed by atoms with Gasteiger partial charge in [0.05, 0.1) is 17.4 Å². The van der Waals surface area contributed by atoms with E-state index in [0.717, 1.165) is 0 Å². The van der Waals surface area contributed by atoms with Crippen LogP contribution in [0.25, 0.3) is 0 Å². The second-order valence-electron chi connectivity index (χ2n) is 3.26. The summed E-state index contributed by atoms with van der Waals surface area (Å²) in [5, 5.41) is 11.6. The second kappa shape index (κ2) is 4.45. The second-order valence-corrected chi connectivity index (χ2v) is 3.26. The predicted molar refractivity (Wildman–Crippen MR) is 60.8 cm³/mol. The minimum absolute atomic E-state index is 0.0392. The zero-order chi connectivity index (χ0) is 12.3. The number of anilines is 3. The Hall–Kier alpha value is -2.68. The van der Waals surface area contributed by atoms with Gasteiger partial charge in [0, 0.05) is 5.69 Å². The van der Waals surface area contributed by atoms with Crippen LogP contribution in [0.4, 0.5) is 21.6 Å². The molecule has 2 aromatic rings. The number of nitrogens with one attached hydrogen (secondary N) is 1. The van der Waals surface area contributed by atoms with Crippen LogP contribution in [0.1, 0.15) is 5.56 Å². The third-order valence-corrected chi connectivity index (χ3v) is 2.09. The Morgan fingerprint density at radius 2 is 2.24 bits per heavy atom. The fourth-order valence-corrected chi connectivity index (χ4v) is 1.27. The van der Waals surface area contributed by atoms with E-state index in [1.807, 2.05) is 0 Å². The zero-order valence-corrected chi connectivity index (χ0v) is 8.68. The van der Waals surface area contributed by atoms with E-state index >= 15 is 0 Å². The Balaban J connectivity index is 2.32. The number of nitrogen functional groups attached to an aromatic ring is 1. The number of aromatic nitrogens is 2. The smallest absolute Gasteiger partial charge is 0.157 e. The molecule has 2 rings (SSSR count). The summed E-state index contributed by atoms with van der Waals surface area (Å²) < 4.78 is 13.1. The van der Waals surface area contributed by atoms with Gasteiger partial charge in [-0.15, -0.1) is 0 Å². The molecule has 1 aromatic carbocycles. The van der Waals surface area contributed by atoms with E-state index in [0.29, 0.717) is 17.2 Å². The lowest BCUT2D eigenvalue weighted by molar-refractivity contribution is 0.624. The molecule has 84 valence electrons. The Labute approximate surface area is 96.7 Å². The van der Waals surface area contributed by atoms with E-state index in [1.165, 1.54) is 30.7 Å². The fourth-order valence-electron chi connectivity index (χ4n) is 1.27. The van der Waals surface area contributed by atoms with Gasteiger partial charge in [-0.3, -0.25) is 0 Å². The molecule has 1 aromatic heterocycles. The molecular formula is C11H8FN5. The molecule has 5 nitrogen and oxygen atoms in total. The normalized spacial score (nSPS) is 9.65. The highest BCUT2D eigenvalue weighted by Gasteiger charge is 2.05. The summed E-state index contributed by atoms with van der Waals surface area (Å²) in [4.78, 5) is 7.67. The number of nitrogens with zero attached hydrogens (tertiary/aromatic N) is 3. The molecule has 3 N–H and O–H groups in total. The van der Waals surface area contributed by atoms with Crippen molar-refractivity contribution in [3.8, 4) is 6.07 Å². The maximum Gasteiger partial charge on any atom is 0.157 e. The molecule has 0 fully saturated rings.